The molecular formula is C77H51F12N3. The van der Waals surface area contributed by atoms with Gasteiger partial charge in [0, 0.05) is 32.7 Å². The molecule has 0 aliphatic rings. The summed E-state index contributed by atoms with van der Waals surface area (Å²) in [4.78, 5) is 0. The molecule has 3 nitrogen and oxygen atoms in total. The highest BCUT2D eigenvalue weighted by Crippen LogP contribution is 2.51. The van der Waals surface area contributed by atoms with Crippen LogP contribution in [-0.2, 0) is 24.7 Å². The lowest BCUT2D eigenvalue weighted by molar-refractivity contribution is -0.143. The van der Waals surface area contributed by atoms with Crippen molar-refractivity contribution < 1.29 is 52.7 Å². The molecule has 0 amide bonds. The number of benzene rings is 11. The van der Waals surface area contributed by atoms with Crippen LogP contribution in [0.15, 0.2) is 200 Å². The van der Waals surface area contributed by atoms with Gasteiger partial charge in [-0.25, -0.2) is 0 Å². The quantitative estimate of drug-likeness (QED) is 0.140. The Morgan fingerprint density at radius 2 is 0.685 bits per heavy atom. The minimum absolute atomic E-state index is 0.00801. The van der Waals surface area contributed by atoms with Gasteiger partial charge in [-0.3, -0.25) is 0 Å². The van der Waals surface area contributed by atoms with E-state index in [0.717, 1.165) is 63.2 Å². The van der Waals surface area contributed by atoms with Crippen LogP contribution >= 0.6 is 0 Å². The standard InChI is InChI=1S/C77H51F12N3/c1-41-16-24-54(45(5)32-41)47-18-28-65-59(35-47)61-38-50(57-27-23-53(75(81,82)83)39-64(57)77(87,88)89)21-30-66(61)91(65)69-14-8-12-51(40-90)72(69)73-58(71-43(3)10-7-11-44(71)4)13-9-15-70(73)92-67-29-19-48(55-26-22-52(34-46(55)6)74(78,79)80)36-60(67)62-37-49(20-31-68(62)92)56-25-17-42(2)33-63(56)76(84,85)86/h7-39H,1-6H3. The van der Waals surface area contributed by atoms with E-state index >= 15 is 26.3 Å². The molecule has 0 spiro atoms. The maximum atomic E-state index is 15.0. The number of alkyl halides is 12. The first-order valence-corrected chi connectivity index (χ1v) is 29.2. The Morgan fingerprint density at radius 3 is 1.13 bits per heavy atom. The van der Waals surface area contributed by atoms with Crippen LogP contribution in [0.1, 0.15) is 61.2 Å². The molecule has 2 heterocycles. The molecule has 0 radical (unpaired) electrons. The molecule has 0 aliphatic heterocycles. The summed E-state index contributed by atoms with van der Waals surface area (Å²) in [7, 11) is 0. The van der Waals surface area contributed by atoms with Crippen LogP contribution in [-0.4, -0.2) is 9.13 Å². The lowest BCUT2D eigenvalue weighted by atomic mass is 9.86. The number of nitrogens with zero attached hydrogens (tertiary/aromatic N) is 3. The predicted octanol–water partition coefficient (Wildman–Crippen LogP) is 23.7. The van der Waals surface area contributed by atoms with Crippen LogP contribution in [0.4, 0.5) is 52.7 Å². The van der Waals surface area contributed by atoms with Gasteiger partial charge in [0.25, 0.3) is 0 Å². The van der Waals surface area contributed by atoms with E-state index in [0.29, 0.717) is 100.0 Å². The first-order chi connectivity index (χ1) is 43.6. The zero-order valence-corrected chi connectivity index (χ0v) is 49.9. The van der Waals surface area contributed by atoms with Crippen molar-refractivity contribution in [3.63, 3.8) is 0 Å². The first kappa shape index (κ1) is 60.6. The highest BCUT2D eigenvalue weighted by atomic mass is 19.4. The number of aromatic nitrogens is 2. The van der Waals surface area contributed by atoms with Gasteiger partial charge < -0.3 is 9.13 Å². The number of hydrogen-bond acceptors (Lipinski definition) is 1. The molecular weight excluding hydrogens is 1190 g/mol. The number of halogens is 12. The minimum atomic E-state index is -5.19. The molecule has 0 saturated heterocycles. The third-order valence-electron chi connectivity index (χ3n) is 17.5. The molecule has 92 heavy (non-hydrogen) atoms. The van der Waals surface area contributed by atoms with Crippen molar-refractivity contribution in [1.29, 1.82) is 5.26 Å². The Morgan fingerprint density at radius 1 is 0.304 bits per heavy atom. The van der Waals surface area contributed by atoms with Gasteiger partial charge in [-0.05, 0) is 216 Å². The summed E-state index contributed by atoms with van der Waals surface area (Å²) >= 11 is 0. The lowest BCUT2D eigenvalue weighted by Crippen LogP contribution is -2.12. The number of aryl methyl sites for hydroxylation is 6. The molecule has 11 aromatic carbocycles. The van der Waals surface area contributed by atoms with Gasteiger partial charge in [0.2, 0.25) is 0 Å². The van der Waals surface area contributed by atoms with Crippen molar-refractivity contribution >= 4 is 43.6 Å². The Bertz CT molecular complexity index is 5230. The van der Waals surface area contributed by atoms with E-state index in [9.17, 15) is 31.6 Å². The van der Waals surface area contributed by atoms with Gasteiger partial charge in [0.05, 0.1) is 67.3 Å². The molecule has 0 bridgehead atoms. The van der Waals surface area contributed by atoms with Gasteiger partial charge in [-0.1, -0.05) is 114 Å². The van der Waals surface area contributed by atoms with Gasteiger partial charge >= 0.3 is 24.7 Å². The van der Waals surface area contributed by atoms with Crippen LogP contribution in [0.5, 0.6) is 0 Å². The second kappa shape index (κ2) is 22.0. The number of fused-ring (bicyclic) bond motifs is 6. The molecule has 2 aromatic heterocycles. The summed E-state index contributed by atoms with van der Waals surface area (Å²) < 4.78 is 179. The smallest absolute Gasteiger partial charge is 0.309 e. The van der Waals surface area contributed by atoms with Crippen LogP contribution in [0.25, 0.3) is 122 Å². The zero-order chi connectivity index (χ0) is 65.2. The topological polar surface area (TPSA) is 33.6 Å². The third kappa shape index (κ3) is 10.4. The van der Waals surface area contributed by atoms with Gasteiger partial charge in [-0.15, -0.1) is 0 Å². The minimum Gasteiger partial charge on any atom is -0.309 e. The number of hydrogen-bond donors (Lipinski definition) is 0. The summed E-state index contributed by atoms with van der Waals surface area (Å²) in [5.41, 5.74) is 7.80. The van der Waals surface area contributed by atoms with Gasteiger partial charge in [0.15, 0.2) is 0 Å². The molecule has 0 N–H and O–H groups in total. The first-order valence-electron chi connectivity index (χ1n) is 29.2. The molecule has 0 unspecified atom stereocenters. The molecule has 13 aromatic rings. The van der Waals surface area contributed by atoms with Crippen molar-refractivity contribution in [3.05, 3.63) is 261 Å². The normalized spacial score (nSPS) is 12.4. The molecule has 458 valence electrons. The highest BCUT2D eigenvalue weighted by molar-refractivity contribution is 6.15. The summed E-state index contributed by atoms with van der Waals surface area (Å²) in [6.45, 7) is 11.0. The van der Waals surface area contributed by atoms with Crippen LogP contribution in [0.2, 0.25) is 0 Å². The molecule has 0 atom stereocenters. The Hall–Kier alpha value is -10.3. The second-order valence-corrected chi connectivity index (χ2v) is 23.5. The average molecular weight is 1250 g/mol. The summed E-state index contributed by atoms with van der Waals surface area (Å²) in [5.74, 6) is 0. The summed E-state index contributed by atoms with van der Waals surface area (Å²) in [6, 6.07) is 55.2. The van der Waals surface area contributed by atoms with E-state index in [1.54, 1.807) is 68.4 Å². The second-order valence-electron chi connectivity index (χ2n) is 23.5. The van der Waals surface area contributed by atoms with Crippen LogP contribution in [0.3, 0.4) is 0 Å². The molecule has 0 fully saturated rings. The fourth-order valence-electron chi connectivity index (χ4n) is 13.4. The van der Waals surface area contributed by atoms with Crippen LogP contribution in [0, 0.1) is 52.9 Å². The SMILES string of the molecule is Cc1ccc(-c2ccc3c(c2)c2cc(-c4ccc(C(F)(F)F)cc4C(F)(F)F)ccc2n3-c2cccc(C#N)c2-c2c(-c3c(C)cccc3C)cccc2-n2c3ccc(-c4ccc(C(F)(F)F)cc4C)cc3c3cc(-c4ccc(C)cc4C(F)(F)F)ccc32)c(C)c1. The van der Waals surface area contributed by atoms with Crippen molar-refractivity contribution in [2.24, 2.45) is 0 Å². The van der Waals surface area contributed by atoms with Crippen molar-refractivity contribution in [2.45, 2.75) is 66.2 Å². The van der Waals surface area contributed by atoms with E-state index in [-0.39, 0.29) is 28.3 Å². The zero-order valence-electron chi connectivity index (χ0n) is 49.9. The largest absolute Gasteiger partial charge is 0.417 e. The van der Waals surface area contributed by atoms with E-state index in [1.807, 2.05) is 128 Å². The van der Waals surface area contributed by atoms with Crippen LogP contribution < -0.4 is 0 Å². The van der Waals surface area contributed by atoms with E-state index in [1.165, 1.54) is 18.2 Å². The van der Waals surface area contributed by atoms with E-state index in [2.05, 4.69) is 6.07 Å². The van der Waals surface area contributed by atoms with E-state index < -0.39 is 52.5 Å². The maximum absolute atomic E-state index is 15.0. The fraction of sp³-hybridized carbons (Fsp3) is 0.130. The van der Waals surface area contributed by atoms with Gasteiger partial charge in [0.1, 0.15) is 0 Å². The Labute approximate surface area is 520 Å². The van der Waals surface area contributed by atoms with Gasteiger partial charge in [-0.2, -0.15) is 57.9 Å². The average Bonchev–Trinajstić information content (AvgIpc) is 1.52. The fourth-order valence-corrected chi connectivity index (χ4v) is 13.4. The maximum Gasteiger partial charge on any atom is 0.417 e. The highest BCUT2D eigenvalue weighted by Gasteiger charge is 2.39. The molecule has 15 heteroatoms. The Kier molecular flexibility index (Phi) is 14.5. The third-order valence-corrected chi connectivity index (χ3v) is 17.5. The molecule has 13 rings (SSSR count). The number of nitriles is 1. The van der Waals surface area contributed by atoms with Crippen molar-refractivity contribution in [2.75, 3.05) is 0 Å². The van der Waals surface area contributed by atoms with Crippen molar-refractivity contribution in [3.8, 4) is 84.2 Å². The Balaban J connectivity index is 1.14. The summed E-state index contributed by atoms with van der Waals surface area (Å²) in [6.07, 6.45) is -19.6. The predicted molar refractivity (Wildman–Crippen MR) is 341 cm³/mol. The molecule has 0 aliphatic carbocycles. The van der Waals surface area contributed by atoms with E-state index in [4.69, 9.17) is 0 Å². The summed E-state index contributed by atoms with van der Waals surface area (Å²) in [5, 5.41) is 13.6. The monoisotopic (exact) mass is 1250 g/mol. The number of rotatable bonds is 8. The lowest BCUT2D eigenvalue weighted by Gasteiger charge is -2.24. The van der Waals surface area contributed by atoms with Crippen molar-refractivity contribution in [1.82, 2.24) is 9.13 Å². The molecule has 0 saturated carbocycles.